The average molecular weight is 335 g/mol. The number of carboxylic acids is 1. The van der Waals surface area contributed by atoms with Crippen LogP contribution >= 0.6 is 0 Å². The number of aromatic carboxylic acids is 1. The number of phenols is 1. The fourth-order valence-electron chi connectivity index (χ4n) is 1.84. The molecule has 0 aliphatic rings. The Kier molecular flexibility index (Phi) is 4.37. The second kappa shape index (κ2) is 6.09. The Bertz CT molecular complexity index is 871. The maximum absolute atomic E-state index is 12.1. The highest BCUT2D eigenvalue weighted by Crippen LogP contribution is 2.22. The van der Waals surface area contributed by atoms with E-state index in [9.17, 15) is 23.1 Å². The molecule has 3 N–H and O–H groups in total. The molecular formula is C15H13NO6S. The first-order chi connectivity index (χ1) is 10.7. The Morgan fingerprint density at radius 3 is 2.17 bits per heavy atom. The van der Waals surface area contributed by atoms with E-state index in [2.05, 4.69) is 5.32 Å². The molecule has 2 aromatic carbocycles. The number of benzene rings is 2. The zero-order valence-corrected chi connectivity index (χ0v) is 12.8. The van der Waals surface area contributed by atoms with Crippen molar-refractivity contribution < 1.29 is 28.2 Å². The van der Waals surface area contributed by atoms with Gasteiger partial charge in [0.25, 0.3) is 5.91 Å². The first-order valence-electron chi connectivity index (χ1n) is 6.36. The summed E-state index contributed by atoms with van der Waals surface area (Å²) in [7, 11) is -3.35. The summed E-state index contributed by atoms with van der Waals surface area (Å²) >= 11 is 0. The van der Waals surface area contributed by atoms with E-state index in [1.807, 2.05) is 0 Å². The van der Waals surface area contributed by atoms with Crippen LogP contribution in [0.15, 0.2) is 47.4 Å². The fraction of sp³-hybridized carbons (Fsp3) is 0.0667. The predicted octanol–water partition coefficient (Wildman–Crippen LogP) is 1.75. The Balaban J connectivity index is 2.22. The molecule has 120 valence electrons. The van der Waals surface area contributed by atoms with E-state index in [1.54, 1.807) is 0 Å². The van der Waals surface area contributed by atoms with Crippen LogP contribution in [0.2, 0.25) is 0 Å². The first kappa shape index (κ1) is 16.5. The van der Waals surface area contributed by atoms with E-state index in [4.69, 9.17) is 5.11 Å². The number of rotatable bonds is 4. The molecule has 0 saturated carbocycles. The van der Waals surface area contributed by atoms with E-state index in [-0.39, 0.29) is 21.7 Å². The van der Waals surface area contributed by atoms with Crippen molar-refractivity contribution in [3.63, 3.8) is 0 Å². The standard InChI is InChI=1S/C15H13NO6S/c1-23(21,22)11-5-2-9(3-6-11)14(18)16-10-4-7-13(17)12(8-10)15(19)20/h2-8,17H,1H3,(H,16,18)(H,19,20). The number of nitrogens with one attached hydrogen (secondary N) is 1. The molecule has 23 heavy (non-hydrogen) atoms. The minimum atomic E-state index is -3.35. The van der Waals surface area contributed by atoms with Gasteiger partial charge in [0.1, 0.15) is 11.3 Å². The highest BCUT2D eigenvalue weighted by molar-refractivity contribution is 7.90. The van der Waals surface area contributed by atoms with Gasteiger partial charge in [-0.2, -0.15) is 0 Å². The average Bonchev–Trinajstić information content (AvgIpc) is 2.48. The van der Waals surface area contributed by atoms with E-state index in [0.29, 0.717) is 0 Å². The molecule has 0 fully saturated rings. The molecule has 2 rings (SSSR count). The van der Waals surface area contributed by atoms with Crippen LogP contribution < -0.4 is 5.32 Å². The highest BCUT2D eigenvalue weighted by Gasteiger charge is 2.13. The van der Waals surface area contributed by atoms with E-state index < -0.39 is 27.5 Å². The molecule has 0 bridgehead atoms. The van der Waals surface area contributed by atoms with Gasteiger partial charge >= 0.3 is 5.97 Å². The number of aromatic hydroxyl groups is 1. The van der Waals surface area contributed by atoms with Gasteiger partial charge < -0.3 is 15.5 Å². The lowest BCUT2D eigenvalue weighted by molar-refractivity contribution is 0.0693. The van der Waals surface area contributed by atoms with Crippen LogP contribution in [-0.2, 0) is 9.84 Å². The molecule has 0 aliphatic carbocycles. The normalized spacial score (nSPS) is 11.0. The Morgan fingerprint density at radius 1 is 1.04 bits per heavy atom. The van der Waals surface area contributed by atoms with E-state index >= 15 is 0 Å². The number of amides is 1. The van der Waals surface area contributed by atoms with Crippen LogP contribution in [0.5, 0.6) is 5.75 Å². The molecule has 0 saturated heterocycles. The highest BCUT2D eigenvalue weighted by atomic mass is 32.2. The zero-order chi connectivity index (χ0) is 17.2. The van der Waals surface area contributed by atoms with Gasteiger partial charge in [0.15, 0.2) is 9.84 Å². The fourth-order valence-corrected chi connectivity index (χ4v) is 2.47. The lowest BCUT2D eigenvalue weighted by Crippen LogP contribution is -2.12. The van der Waals surface area contributed by atoms with Crippen molar-refractivity contribution in [2.24, 2.45) is 0 Å². The summed E-state index contributed by atoms with van der Waals surface area (Å²) in [6.45, 7) is 0. The number of carbonyl (C=O) groups is 2. The van der Waals surface area contributed by atoms with Crippen LogP contribution in [0.1, 0.15) is 20.7 Å². The molecule has 0 aliphatic heterocycles. The third-order valence-electron chi connectivity index (χ3n) is 3.03. The van der Waals surface area contributed by atoms with Gasteiger partial charge in [-0.25, -0.2) is 13.2 Å². The lowest BCUT2D eigenvalue weighted by atomic mass is 10.1. The van der Waals surface area contributed by atoms with Crippen LogP contribution in [0.25, 0.3) is 0 Å². The van der Waals surface area contributed by atoms with Gasteiger partial charge in [0.05, 0.1) is 4.90 Å². The molecule has 0 atom stereocenters. The number of anilines is 1. The Labute approximate surface area is 132 Å². The minimum Gasteiger partial charge on any atom is -0.507 e. The summed E-state index contributed by atoms with van der Waals surface area (Å²) in [5, 5.41) is 20.8. The Morgan fingerprint density at radius 2 is 1.65 bits per heavy atom. The van der Waals surface area contributed by atoms with Gasteiger partial charge in [-0.3, -0.25) is 4.79 Å². The summed E-state index contributed by atoms with van der Waals surface area (Å²) in [5.41, 5.74) is 0.0648. The molecule has 8 heteroatoms. The number of hydrogen-bond donors (Lipinski definition) is 3. The smallest absolute Gasteiger partial charge is 0.339 e. The van der Waals surface area contributed by atoms with Gasteiger partial charge in [-0.1, -0.05) is 0 Å². The Hall–Kier alpha value is -2.87. The number of carboxylic acid groups (broad SMARTS) is 1. The SMILES string of the molecule is CS(=O)(=O)c1ccc(C(=O)Nc2ccc(O)c(C(=O)O)c2)cc1. The number of carbonyl (C=O) groups excluding carboxylic acids is 1. The summed E-state index contributed by atoms with van der Waals surface area (Å²) in [5.74, 6) is -2.27. The predicted molar refractivity (Wildman–Crippen MR) is 82.6 cm³/mol. The molecule has 0 unspecified atom stereocenters. The third-order valence-corrected chi connectivity index (χ3v) is 4.16. The summed E-state index contributed by atoms with van der Waals surface area (Å²) in [6, 6.07) is 8.96. The quantitative estimate of drug-likeness (QED) is 0.732. The molecule has 7 nitrogen and oxygen atoms in total. The van der Waals surface area contributed by atoms with Gasteiger partial charge in [-0.15, -0.1) is 0 Å². The van der Waals surface area contributed by atoms with Gasteiger partial charge in [0.2, 0.25) is 0 Å². The molecular weight excluding hydrogens is 322 g/mol. The van der Waals surface area contributed by atoms with Crippen LogP contribution in [0, 0.1) is 0 Å². The lowest BCUT2D eigenvalue weighted by Gasteiger charge is -2.08. The van der Waals surface area contributed by atoms with Crippen LogP contribution in [0.4, 0.5) is 5.69 Å². The second-order valence-electron chi connectivity index (χ2n) is 4.79. The molecule has 2 aromatic rings. The topological polar surface area (TPSA) is 121 Å². The van der Waals surface area contributed by atoms with Crippen LogP contribution in [0.3, 0.4) is 0 Å². The zero-order valence-electron chi connectivity index (χ0n) is 12.0. The number of hydrogen-bond acceptors (Lipinski definition) is 5. The molecule has 0 heterocycles. The third kappa shape index (κ3) is 3.86. The van der Waals surface area contributed by atoms with E-state index in [0.717, 1.165) is 18.4 Å². The van der Waals surface area contributed by atoms with Crippen molar-refractivity contribution in [2.45, 2.75) is 4.90 Å². The molecule has 0 radical (unpaired) electrons. The van der Waals surface area contributed by atoms with Crippen LogP contribution in [-0.4, -0.2) is 36.8 Å². The van der Waals surface area contributed by atoms with Gasteiger partial charge in [-0.05, 0) is 42.5 Å². The maximum Gasteiger partial charge on any atom is 0.339 e. The van der Waals surface area contributed by atoms with Crippen molar-refractivity contribution in [3.8, 4) is 5.75 Å². The first-order valence-corrected chi connectivity index (χ1v) is 8.25. The monoisotopic (exact) mass is 335 g/mol. The van der Waals surface area contributed by atoms with Crippen molar-refractivity contribution in [1.29, 1.82) is 0 Å². The summed E-state index contributed by atoms with van der Waals surface area (Å²) in [6.07, 6.45) is 1.06. The van der Waals surface area contributed by atoms with Crippen molar-refractivity contribution in [3.05, 3.63) is 53.6 Å². The number of sulfone groups is 1. The van der Waals surface area contributed by atoms with Crippen molar-refractivity contribution >= 4 is 27.4 Å². The second-order valence-corrected chi connectivity index (χ2v) is 6.80. The largest absolute Gasteiger partial charge is 0.507 e. The van der Waals surface area contributed by atoms with E-state index in [1.165, 1.54) is 30.3 Å². The van der Waals surface area contributed by atoms with Crippen molar-refractivity contribution in [2.75, 3.05) is 11.6 Å². The van der Waals surface area contributed by atoms with Crippen molar-refractivity contribution in [1.82, 2.24) is 0 Å². The maximum atomic E-state index is 12.1. The summed E-state index contributed by atoms with van der Waals surface area (Å²) in [4.78, 5) is 23.1. The molecule has 0 aromatic heterocycles. The summed E-state index contributed by atoms with van der Waals surface area (Å²) < 4.78 is 22.7. The minimum absolute atomic E-state index is 0.0897. The molecule has 1 amide bonds. The molecule has 0 spiro atoms. The van der Waals surface area contributed by atoms with Gasteiger partial charge in [0, 0.05) is 17.5 Å².